The van der Waals surface area contributed by atoms with Gasteiger partial charge in [0.25, 0.3) is 0 Å². The van der Waals surface area contributed by atoms with Crippen LogP contribution in [0.25, 0.3) is 11.1 Å². The molecule has 0 aliphatic carbocycles. The summed E-state index contributed by atoms with van der Waals surface area (Å²) in [6.45, 7) is 6.16. The Bertz CT molecular complexity index is 913. The van der Waals surface area contributed by atoms with Crippen molar-refractivity contribution in [2.45, 2.75) is 26.7 Å². The lowest BCUT2D eigenvalue weighted by Crippen LogP contribution is -2.10. The van der Waals surface area contributed by atoms with Crippen LogP contribution in [0.2, 0.25) is 0 Å². The van der Waals surface area contributed by atoms with Crippen LogP contribution in [-0.4, -0.2) is 5.97 Å². The third-order valence-electron chi connectivity index (χ3n) is 4.34. The van der Waals surface area contributed by atoms with Gasteiger partial charge in [0.2, 0.25) is 0 Å². The molecule has 26 heavy (non-hydrogen) atoms. The number of rotatable bonds is 4. The minimum Gasteiger partial charge on any atom is -0.423 e. The van der Waals surface area contributed by atoms with Crippen LogP contribution in [-0.2, 0) is 0 Å². The van der Waals surface area contributed by atoms with E-state index in [4.69, 9.17) is 4.74 Å². The van der Waals surface area contributed by atoms with Crippen molar-refractivity contribution >= 4 is 21.9 Å². The average Bonchev–Trinajstić information content (AvgIpc) is 2.65. The van der Waals surface area contributed by atoms with Crippen LogP contribution >= 0.6 is 15.9 Å². The van der Waals surface area contributed by atoms with E-state index < -0.39 is 0 Å². The smallest absolute Gasteiger partial charge is 0.343 e. The number of esters is 1. The third kappa shape index (κ3) is 4.05. The maximum atomic E-state index is 12.6. The zero-order chi connectivity index (χ0) is 18.7. The zero-order valence-electron chi connectivity index (χ0n) is 15.1. The predicted molar refractivity (Wildman–Crippen MR) is 110 cm³/mol. The number of carbonyl (C=O) groups is 1. The van der Waals surface area contributed by atoms with Crippen molar-refractivity contribution in [3.05, 3.63) is 87.9 Å². The fraction of sp³-hybridized carbons (Fsp3) is 0.174. The Hall–Kier alpha value is -2.39. The van der Waals surface area contributed by atoms with E-state index in [0.29, 0.717) is 11.3 Å². The van der Waals surface area contributed by atoms with Gasteiger partial charge in [0.05, 0.1) is 5.56 Å². The molecular formula is C23H21BrO2. The fourth-order valence-electron chi connectivity index (χ4n) is 2.80. The topological polar surface area (TPSA) is 26.3 Å². The molecule has 132 valence electrons. The summed E-state index contributed by atoms with van der Waals surface area (Å²) < 4.78 is 6.74. The molecule has 0 aliphatic rings. The van der Waals surface area contributed by atoms with Gasteiger partial charge in [-0.2, -0.15) is 0 Å². The van der Waals surface area contributed by atoms with Crippen molar-refractivity contribution in [1.82, 2.24) is 0 Å². The summed E-state index contributed by atoms with van der Waals surface area (Å²) in [6.07, 6.45) is 0. The van der Waals surface area contributed by atoms with Crippen molar-refractivity contribution in [2.24, 2.45) is 0 Å². The molecule has 0 fully saturated rings. The average molecular weight is 409 g/mol. The maximum Gasteiger partial charge on any atom is 0.343 e. The minimum absolute atomic E-state index is 0.259. The molecule has 3 aromatic carbocycles. The minimum atomic E-state index is -0.340. The van der Waals surface area contributed by atoms with E-state index in [1.807, 2.05) is 73.7 Å². The lowest BCUT2D eigenvalue weighted by molar-refractivity contribution is 0.0733. The molecule has 0 atom stereocenters. The summed E-state index contributed by atoms with van der Waals surface area (Å²) in [5.74, 6) is 0.543. The second-order valence-electron chi connectivity index (χ2n) is 6.63. The quantitative estimate of drug-likeness (QED) is 0.351. The molecule has 0 spiro atoms. The van der Waals surface area contributed by atoms with Gasteiger partial charge in [-0.15, -0.1) is 0 Å². The van der Waals surface area contributed by atoms with E-state index in [1.54, 1.807) is 0 Å². The van der Waals surface area contributed by atoms with Crippen LogP contribution in [0.4, 0.5) is 0 Å². The fourth-order valence-corrected chi connectivity index (χ4v) is 3.16. The number of hydrogen-bond acceptors (Lipinski definition) is 2. The first-order chi connectivity index (χ1) is 12.5. The van der Waals surface area contributed by atoms with Gasteiger partial charge in [-0.05, 0) is 59.4 Å². The predicted octanol–water partition coefficient (Wildman–Crippen LogP) is 6.77. The molecule has 0 heterocycles. The Balaban J connectivity index is 1.84. The van der Waals surface area contributed by atoms with Gasteiger partial charge in [-0.3, -0.25) is 0 Å². The Morgan fingerprint density at radius 2 is 1.54 bits per heavy atom. The number of benzene rings is 3. The Morgan fingerprint density at radius 3 is 2.15 bits per heavy atom. The first kappa shape index (κ1) is 18.4. The van der Waals surface area contributed by atoms with Gasteiger partial charge in [-0.1, -0.05) is 72.2 Å². The summed E-state index contributed by atoms with van der Waals surface area (Å²) in [6, 6.07) is 21.5. The lowest BCUT2D eigenvalue weighted by Gasteiger charge is -2.15. The van der Waals surface area contributed by atoms with Crippen molar-refractivity contribution in [3.8, 4) is 16.9 Å². The van der Waals surface area contributed by atoms with Gasteiger partial charge in [0, 0.05) is 4.47 Å². The Morgan fingerprint density at radius 1 is 0.923 bits per heavy atom. The van der Waals surface area contributed by atoms with Crippen molar-refractivity contribution in [2.75, 3.05) is 0 Å². The van der Waals surface area contributed by atoms with Gasteiger partial charge < -0.3 is 4.74 Å². The van der Waals surface area contributed by atoms with Crippen LogP contribution in [0.3, 0.4) is 0 Å². The summed E-state index contributed by atoms with van der Waals surface area (Å²) in [7, 11) is 0. The zero-order valence-corrected chi connectivity index (χ0v) is 16.7. The van der Waals surface area contributed by atoms with Crippen molar-refractivity contribution in [1.29, 1.82) is 0 Å². The molecule has 0 aromatic heterocycles. The van der Waals surface area contributed by atoms with Gasteiger partial charge in [0.15, 0.2) is 0 Å². The molecule has 0 unspecified atom stereocenters. The summed E-state index contributed by atoms with van der Waals surface area (Å²) in [5, 5.41) is 0. The third-order valence-corrected chi connectivity index (χ3v) is 5.20. The molecule has 0 bridgehead atoms. The molecule has 0 aliphatic heterocycles. The van der Waals surface area contributed by atoms with E-state index in [2.05, 4.69) is 29.8 Å². The Labute approximate surface area is 163 Å². The second-order valence-corrected chi connectivity index (χ2v) is 7.48. The molecule has 2 nitrogen and oxygen atoms in total. The van der Waals surface area contributed by atoms with Crippen LogP contribution in [0.15, 0.2) is 71.2 Å². The van der Waals surface area contributed by atoms with Crippen LogP contribution in [0, 0.1) is 6.92 Å². The number of aryl methyl sites for hydroxylation is 1. The van der Waals surface area contributed by atoms with Crippen LogP contribution < -0.4 is 4.74 Å². The monoisotopic (exact) mass is 408 g/mol. The summed E-state index contributed by atoms with van der Waals surface area (Å²) in [4.78, 5) is 12.6. The van der Waals surface area contributed by atoms with Gasteiger partial charge in [-0.25, -0.2) is 4.79 Å². The second kappa shape index (κ2) is 7.88. The molecule has 0 amide bonds. The highest BCUT2D eigenvalue weighted by Crippen LogP contribution is 2.32. The van der Waals surface area contributed by atoms with Crippen LogP contribution in [0.5, 0.6) is 5.75 Å². The van der Waals surface area contributed by atoms with E-state index in [9.17, 15) is 4.79 Å². The SMILES string of the molecule is Cc1cc(OC(=O)c2ccc(-c3ccccc3)cc2)c(C(C)C)cc1Br. The van der Waals surface area contributed by atoms with Crippen LogP contribution in [0.1, 0.15) is 41.3 Å². The highest BCUT2D eigenvalue weighted by Gasteiger charge is 2.15. The molecule has 0 N–H and O–H groups in total. The van der Waals surface area contributed by atoms with E-state index >= 15 is 0 Å². The highest BCUT2D eigenvalue weighted by molar-refractivity contribution is 9.10. The van der Waals surface area contributed by atoms with E-state index in [-0.39, 0.29) is 11.9 Å². The van der Waals surface area contributed by atoms with Crippen molar-refractivity contribution < 1.29 is 9.53 Å². The number of carbonyl (C=O) groups excluding carboxylic acids is 1. The number of ether oxygens (including phenoxy) is 1. The first-order valence-corrected chi connectivity index (χ1v) is 9.42. The van der Waals surface area contributed by atoms with Gasteiger partial charge in [0.1, 0.15) is 5.75 Å². The van der Waals surface area contributed by atoms with Gasteiger partial charge >= 0.3 is 5.97 Å². The van der Waals surface area contributed by atoms with E-state index in [0.717, 1.165) is 26.7 Å². The summed E-state index contributed by atoms with van der Waals surface area (Å²) >= 11 is 3.55. The standard InChI is InChI=1S/C23H21BrO2/c1-15(2)20-14-21(24)16(3)13-22(20)26-23(25)19-11-9-18(10-12-19)17-7-5-4-6-8-17/h4-15H,1-3H3. The molecule has 0 saturated heterocycles. The lowest BCUT2D eigenvalue weighted by atomic mass is 10.0. The maximum absolute atomic E-state index is 12.6. The summed E-state index contributed by atoms with van der Waals surface area (Å²) in [5.41, 5.74) is 4.79. The Kier molecular flexibility index (Phi) is 5.58. The molecule has 3 rings (SSSR count). The largest absolute Gasteiger partial charge is 0.423 e. The molecule has 3 aromatic rings. The highest BCUT2D eigenvalue weighted by atomic mass is 79.9. The van der Waals surface area contributed by atoms with Crippen molar-refractivity contribution in [3.63, 3.8) is 0 Å². The molecule has 3 heteroatoms. The molecular weight excluding hydrogens is 388 g/mol. The first-order valence-electron chi connectivity index (χ1n) is 8.63. The number of hydrogen-bond donors (Lipinski definition) is 0. The normalized spacial score (nSPS) is 10.8. The molecule has 0 saturated carbocycles. The number of halogens is 1. The molecule has 0 radical (unpaired) electrons. The van der Waals surface area contributed by atoms with E-state index in [1.165, 1.54) is 0 Å².